The van der Waals surface area contributed by atoms with Gasteiger partial charge in [0.2, 0.25) is 5.78 Å². The third kappa shape index (κ3) is 0.976. The van der Waals surface area contributed by atoms with Crippen molar-refractivity contribution in [2.45, 2.75) is 37.7 Å². The third-order valence-corrected chi connectivity index (χ3v) is 3.90. The number of aliphatic hydroxyl groups is 1. The van der Waals surface area contributed by atoms with E-state index in [0.29, 0.717) is 24.0 Å². The molecule has 4 nitrogen and oxygen atoms in total. The molecule has 0 saturated heterocycles. The van der Waals surface area contributed by atoms with Gasteiger partial charge in [-0.05, 0) is 6.42 Å². The van der Waals surface area contributed by atoms with Crippen molar-refractivity contribution in [2.75, 3.05) is 0 Å². The Morgan fingerprint density at radius 1 is 1.44 bits per heavy atom. The van der Waals surface area contributed by atoms with Gasteiger partial charge in [0.15, 0.2) is 11.5 Å². The highest BCUT2D eigenvalue weighted by molar-refractivity contribution is 6.05. The molecule has 1 aromatic rings. The van der Waals surface area contributed by atoms with Crippen LogP contribution in [0.4, 0.5) is 0 Å². The predicted octanol–water partition coefficient (Wildman–Crippen LogP) is 1.46. The largest absolute Gasteiger partial charge is 0.460 e. The van der Waals surface area contributed by atoms with Crippen molar-refractivity contribution in [1.29, 1.82) is 0 Å². The monoisotopic (exact) mass is 220 g/mol. The Labute approximate surface area is 92.3 Å². The average molecular weight is 220 g/mol. The molecule has 0 aliphatic heterocycles. The van der Waals surface area contributed by atoms with Crippen LogP contribution in [0.2, 0.25) is 0 Å². The zero-order valence-corrected chi connectivity index (χ0v) is 8.95. The highest BCUT2D eigenvalue weighted by Crippen LogP contribution is 2.46. The molecule has 4 heteroatoms. The number of furan rings is 1. The Kier molecular flexibility index (Phi) is 1.73. The number of Topliss-reactive ketones (excluding diaryl/α,β-unsaturated/α-hetero) is 2. The van der Waals surface area contributed by atoms with Gasteiger partial charge in [-0.2, -0.15) is 0 Å². The number of hydrogen-bond acceptors (Lipinski definition) is 4. The fourth-order valence-electron chi connectivity index (χ4n) is 2.79. The van der Waals surface area contributed by atoms with Crippen LogP contribution in [0.15, 0.2) is 10.7 Å². The quantitative estimate of drug-likeness (QED) is 0.718. The minimum Gasteiger partial charge on any atom is -0.460 e. The summed E-state index contributed by atoms with van der Waals surface area (Å²) in [6.45, 7) is 1.90. The summed E-state index contributed by atoms with van der Waals surface area (Å²) in [6, 6.07) is 0. The van der Waals surface area contributed by atoms with Crippen molar-refractivity contribution in [1.82, 2.24) is 0 Å². The molecule has 0 spiro atoms. The van der Waals surface area contributed by atoms with Crippen LogP contribution in [0.5, 0.6) is 0 Å². The second-order valence-corrected chi connectivity index (χ2v) is 4.84. The van der Waals surface area contributed by atoms with E-state index in [1.807, 2.05) is 6.92 Å². The van der Waals surface area contributed by atoms with E-state index in [1.165, 1.54) is 6.26 Å². The van der Waals surface area contributed by atoms with Crippen LogP contribution in [0, 0.1) is 0 Å². The van der Waals surface area contributed by atoms with Crippen molar-refractivity contribution in [2.24, 2.45) is 0 Å². The first-order valence-electron chi connectivity index (χ1n) is 5.40. The van der Waals surface area contributed by atoms with Crippen molar-refractivity contribution in [3.63, 3.8) is 0 Å². The summed E-state index contributed by atoms with van der Waals surface area (Å²) in [5.41, 5.74) is 0.614. The molecule has 0 aromatic carbocycles. The maximum absolute atomic E-state index is 11.7. The predicted molar refractivity (Wildman–Crippen MR) is 54.6 cm³/mol. The molecule has 84 valence electrons. The van der Waals surface area contributed by atoms with Crippen molar-refractivity contribution >= 4 is 11.6 Å². The van der Waals surface area contributed by atoms with Gasteiger partial charge in [0.1, 0.15) is 6.26 Å². The molecule has 0 unspecified atom stereocenters. The zero-order chi connectivity index (χ0) is 11.5. The number of rotatable bonds is 0. The number of ketones is 2. The van der Waals surface area contributed by atoms with Crippen molar-refractivity contribution in [3.8, 4) is 0 Å². The number of carbonyl (C=O) groups excluding carboxylic acids is 2. The lowest BCUT2D eigenvalue weighted by Gasteiger charge is -2.40. The maximum Gasteiger partial charge on any atom is 0.200 e. The Morgan fingerprint density at radius 2 is 2.19 bits per heavy atom. The van der Waals surface area contributed by atoms with Gasteiger partial charge in [-0.3, -0.25) is 9.59 Å². The van der Waals surface area contributed by atoms with Crippen LogP contribution >= 0.6 is 0 Å². The standard InChI is InChI=1S/C12H12O4/c1-12-3-2-7(13)6-5-16-11(10(6)12)8(14)4-9(12)15/h5,9,15H,2-4H2,1H3/t9-,12+/m0/s1. The molecule has 16 heavy (non-hydrogen) atoms. The highest BCUT2D eigenvalue weighted by Gasteiger charge is 2.49. The van der Waals surface area contributed by atoms with Gasteiger partial charge in [0, 0.05) is 23.8 Å². The SMILES string of the molecule is C[C@]12CCC(=O)c3coc(c31)C(=O)C[C@@H]2O. The maximum atomic E-state index is 11.7. The zero-order valence-electron chi connectivity index (χ0n) is 8.95. The van der Waals surface area contributed by atoms with Gasteiger partial charge in [0.25, 0.3) is 0 Å². The van der Waals surface area contributed by atoms with Crippen LogP contribution in [-0.2, 0) is 5.41 Å². The molecule has 1 aromatic heterocycles. The first kappa shape index (κ1) is 9.78. The van der Waals surface area contributed by atoms with E-state index >= 15 is 0 Å². The Bertz CT molecular complexity index is 486. The normalized spacial score (nSPS) is 32.8. The van der Waals surface area contributed by atoms with E-state index in [9.17, 15) is 14.7 Å². The minimum atomic E-state index is -0.711. The van der Waals surface area contributed by atoms with Crippen LogP contribution in [0.25, 0.3) is 0 Å². The van der Waals surface area contributed by atoms with Crippen LogP contribution < -0.4 is 0 Å². The first-order valence-corrected chi connectivity index (χ1v) is 5.40. The average Bonchev–Trinajstić information content (AvgIpc) is 2.68. The molecular formula is C12H12O4. The number of aliphatic hydroxyl groups excluding tert-OH is 1. The summed E-state index contributed by atoms with van der Waals surface area (Å²) < 4.78 is 5.20. The molecule has 0 radical (unpaired) electrons. The lowest BCUT2D eigenvalue weighted by atomic mass is 9.64. The Balaban J connectivity index is 2.31. The van der Waals surface area contributed by atoms with Crippen LogP contribution in [0.1, 0.15) is 52.7 Å². The first-order chi connectivity index (χ1) is 7.54. The van der Waals surface area contributed by atoms with E-state index in [2.05, 4.69) is 0 Å². The smallest absolute Gasteiger partial charge is 0.200 e. The van der Waals surface area contributed by atoms with E-state index in [0.717, 1.165) is 0 Å². The Morgan fingerprint density at radius 3 is 2.94 bits per heavy atom. The molecule has 2 aliphatic rings. The van der Waals surface area contributed by atoms with Gasteiger partial charge in [-0.25, -0.2) is 0 Å². The lowest BCUT2D eigenvalue weighted by Crippen LogP contribution is -2.45. The van der Waals surface area contributed by atoms with Gasteiger partial charge in [-0.1, -0.05) is 6.92 Å². The molecule has 3 rings (SSSR count). The van der Waals surface area contributed by atoms with Gasteiger partial charge in [-0.15, -0.1) is 0 Å². The summed E-state index contributed by atoms with van der Waals surface area (Å²) in [6.07, 6.45) is 1.73. The molecular weight excluding hydrogens is 208 g/mol. The fourth-order valence-corrected chi connectivity index (χ4v) is 2.79. The molecule has 1 heterocycles. The van der Waals surface area contributed by atoms with Crippen molar-refractivity contribution < 1.29 is 19.1 Å². The van der Waals surface area contributed by atoms with E-state index in [4.69, 9.17) is 4.42 Å². The topological polar surface area (TPSA) is 67.5 Å². The molecule has 2 aliphatic carbocycles. The molecule has 0 saturated carbocycles. The third-order valence-electron chi connectivity index (χ3n) is 3.90. The summed E-state index contributed by atoms with van der Waals surface area (Å²) in [5.74, 6) is 0.0705. The highest BCUT2D eigenvalue weighted by atomic mass is 16.3. The minimum absolute atomic E-state index is 0.00405. The van der Waals surface area contributed by atoms with Gasteiger partial charge in [0.05, 0.1) is 11.7 Å². The molecule has 1 N–H and O–H groups in total. The molecule has 2 atom stereocenters. The van der Waals surface area contributed by atoms with Crippen molar-refractivity contribution in [3.05, 3.63) is 23.2 Å². The van der Waals surface area contributed by atoms with E-state index in [1.54, 1.807) is 0 Å². The summed E-state index contributed by atoms with van der Waals surface area (Å²) in [7, 11) is 0. The van der Waals surface area contributed by atoms with Crippen LogP contribution in [0.3, 0.4) is 0 Å². The molecule has 0 bridgehead atoms. The number of carbonyl (C=O) groups is 2. The second-order valence-electron chi connectivity index (χ2n) is 4.84. The molecule has 0 amide bonds. The molecule has 0 fully saturated rings. The summed E-state index contributed by atoms with van der Waals surface area (Å²) in [4.78, 5) is 23.4. The number of hydrogen-bond donors (Lipinski definition) is 1. The fraction of sp³-hybridized carbons (Fsp3) is 0.500. The summed E-state index contributed by atoms with van der Waals surface area (Å²) >= 11 is 0. The summed E-state index contributed by atoms with van der Waals surface area (Å²) in [5, 5.41) is 10.0. The van der Waals surface area contributed by atoms with E-state index < -0.39 is 11.5 Å². The van der Waals surface area contributed by atoms with E-state index in [-0.39, 0.29) is 23.7 Å². The van der Waals surface area contributed by atoms with Crippen LogP contribution in [-0.4, -0.2) is 22.8 Å². The second kappa shape index (κ2) is 2.83. The lowest BCUT2D eigenvalue weighted by molar-refractivity contribution is 0.0486. The Hall–Kier alpha value is -1.42. The van der Waals surface area contributed by atoms with Gasteiger partial charge < -0.3 is 9.52 Å². The van der Waals surface area contributed by atoms with Gasteiger partial charge >= 0.3 is 0 Å².